The largest absolute Gasteiger partial charge is 0.381 e. The van der Waals surface area contributed by atoms with E-state index in [-0.39, 0.29) is 29.8 Å². The molecule has 8 heteroatoms. The maximum absolute atomic E-state index is 14.9. The Labute approximate surface area is 156 Å². The van der Waals surface area contributed by atoms with E-state index in [9.17, 15) is 18.4 Å². The molecule has 0 spiro atoms. The number of alkyl halides is 1. The van der Waals surface area contributed by atoms with Crippen LogP contribution >= 0.6 is 0 Å². The zero-order valence-electron chi connectivity index (χ0n) is 15.1. The second-order valence-electron chi connectivity index (χ2n) is 6.77. The molecule has 2 aliphatic rings. The third-order valence-corrected chi connectivity index (χ3v) is 5.09. The topological polar surface area (TPSA) is 70.7 Å². The Bertz CT molecular complexity index is 735. The lowest BCUT2D eigenvalue weighted by atomic mass is 9.92. The summed E-state index contributed by atoms with van der Waals surface area (Å²) in [5, 5.41) is 5.32. The van der Waals surface area contributed by atoms with Gasteiger partial charge in [0.2, 0.25) is 6.41 Å². The summed E-state index contributed by atoms with van der Waals surface area (Å²) in [5.41, 5.74) is 0.591. The number of amides is 2. The van der Waals surface area contributed by atoms with Crippen molar-refractivity contribution < 1.29 is 23.1 Å². The van der Waals surface area contributed by atoms with E-state index in [0.717, 1.165) is 0 Å². The summed E-state index contributed by atoms with van der Waals surface area (Å²) in [5.74, 6) is -0.646. The van der Waals surface area contributed by atoms with Crippen LogP contribution in [0, 0.1) is 5.82 Å². The highest BCUT2D eigenvalue weighted by atomic mass is 19.1. The molecule has 27 heavy (non-hydrogen) atoms. The molecular formula is C19H23F2N3O3. The minimum atomic E-state index is -1.44. The maximum atomic E-state index is 14.9. The van der Waals surface area contributed by atoms with Crippen molar-refractivity contribution in [3.63, 3.8) is 0 Å². The fourth-order valence-electron chi connectivity index (χ4n) is 3.57. The number of rotatable bonds is 5. The monoisotopic (exact) mass is 379 g/mol. The lowest BCUT2D eigenvalue weighted by Gasteiger charge is -2.36. The zero-order chi connectivity index (χ0) is 19.4. The van der Waals surface area contributed by atoms with E-state index in [2.05, 4.69) is 10.6 Å². The van der Waals surface area contributed by atoms with Crippen LogP contribution in [0.4, 0.5) is 8.78 Å². The zero-order valence-corrected chi connectivity index (χ0v) is 15.1. The van der Waals surface area contributed by atoms with Crippen LogP contribution in [-0.2, 0) is 14.3 Å². The maximum Gasteiger partial charge on any atom is 0.253 e. The van der Waals surface area contributed by atoms with Gasteiger partial charge in [0, 0.05) is 32.7 Å². The molecule has 6 nitrogen and oxygen atoms in total. The molecule has 2 N–H and O–H groups in total. The molecule has 0 saturated carbocycles. The molecule has 0 aromatic heterocycles. The Balaban J connectivity index is 1.85. The quantitative estimate of drug-likeness (QED) is 0.766. The molecule has 146 valence electrons. The van der Waals surface area contributed by atoms with Crippen LogP contribution in [0.25, 0.3) is 0 Å². The van der Waals surface area contributed by atoms with E-state index in [1.54, 1.807) is 18.0 Å². The molecule has 1 fully saturated rings. The van der Waals surface area contributed by atoms with E-state index >= 15 is 0 Å². The van der Waals surface area contributed by atoms with E-state index in [4.69, 9.17) is 4.74 Å². The second-order valence-corrected chi connectivity index (χ2v) is 6.77. The number of carbonyl (C=O) groups is 2. The molecule has 1 aromatic carbocycles. The molecule has 0 radical (unpaired) electrons. The average Bonchev–Trinajstić information content (AvgIpc) is 2.68. The van der Waals surface area contributed by atoms with Gasteiger partial charge >= 0.3 is 0 Å². The molecule has 3 rings (SSSR count). The standard InChI is InChI=1S/C19H23F2N3O3/c1-24(14-5-7-27-8-6-14)19(26)15-10-16(21)17(23-18(15)22-11-25)12-3-2-4-13(20)9-12/h2-4,9,11,14,16-17,23H,5-8,10H2,1H3,(H,22,25). The van der Waals surface area contributed by atoms with Gasteiger partial charge in [-0.3, -0.25) is 9.59 Å². The van der Waals surface area contributed by atoms with Gasteiger partial charge in [0.25, 0.3) is 5.91 Å². The second kappa shape index (κ2) is 8.47. The number of halogens is 2. The number of hydrogen-bond acceptors (Lipinski definition) is 4. The van der Waals surface area contributed by atoms with Crippen molar-refractivity contribution >= 4 is 12.3 Å². The Morgan fingerprint density at radius 3 is 2.78 bits per heavy atom. The predicted molar refractivity (Wildman–Crippen MR) is 94.6 cm³/mol. The van der Waals surface area contributed by atoms with E-state index in [1.807, 2.05) is 0 Å². The van der Waals surface area contributed by atoms with Crippen LogP contribution in [0.2, 0.25) is 0 Å². The summed E-state index contributed by atoms with van der Waals surface area (Å²) in [7, 11) is 1.68. The summed E-state index contributed by atoms with van der Waals surface area (Å²) in [6.45, 7) is 1.15. The summed E-state index contributed by atoms with van der Waals surface area (Å²) in [6.07, 6.45) is 0.252. The Kier molecular flexibility index (Phi) is 6.05. The van der Waals surface area contributed by atoms with Crippen molar-refractivity contribution in [2.24, 2.45) is 0 Å². The predicted octanol–water partition coefficient (Wildman–Crippen LogP) is 1.79. The number of carbonyl (C=O) groups excluding carboxylic acids is 2. The summed E-state index contributed by atoms with van der Waals surface area (Å²) < 4.78 is 33.7. The molecule has 1 aromatic rings. The normalized spacial score (nSPS) is 23.5. The van der Waals surface area contributed by atoms with Crippen LogP contribution in [-0.4, -0.2) is 49.7 Å². The van der Waals surface area contributed by atoms with Crippen molar-refractivity contribution in [3.05, 3.63) is 47.0 Å². The molecule has 2 aliphatic heterocycles. The third-order valence-electron chi connectivity index (χ3n) is 5.09. The van der Waals surface area contributed by atoms with Crippen molar-refractivity contribution in [1.82, 2.24) is 15.5 Å². The molecule has 0 bridgehead atoms. The number of benzene rings is 1. The van der Waals surface area contributed by atoms with Crippen LogP contribution in [0.1, 0.15) is 30.9 Å². The van der Waals surface area contributed by atoms with Crippen LogP contribution in [0.5, 0.6) is 0 Å². The highest BCUT2D eigenvalue weighted by Crippen LogP contribution is 2.32. The first-order chi connectivity index (χ1) is 13.0. The fraction of sp³-hybridized carbons (Fsp3) is 0.474. The van der Waals surface area contributed by atoms with Crippen molar-refractivity contribution in [2.75, 3.05) is 20.3 Å². The summed E-state index contributed by atoms with van der Waals surface area (Å²) >= 11 is 0. The molecule has 2 unspecified atom stereocenters. The minimum absolute atomic E-state index is 0.00948. The number of nitrogens with zero attached hydrogens (tertiary/aromatic N) is 1. The van der Waals surface area contributed by atoms with E-state index in [0.29, 0.717) is 38.0 Å². The van der Waals surface area contributed by atoms with Gasteiger partial charge in [-0.2, -0.15) is 0 Å². The van der Waals surface area contributed by atoms with Gasteiger partial charge in [-0.05, 0) is 30.5 Å². The van der Waals surface area contributed by atoms with Gasteiger partial charge in [0.1, 0.15) is 17.8 Å². The molecular weight excluding hydrogens is 356 g/mol. The van der Waals surface area contributed by atoms with Gasteiger partial charge in [-0.15, -0.1) is 0 Å². The van der Waals surface area contributed by atoms with Crippen LogP contribution in [0.3, 0.4) is 0 Å². The Hall–Kier alpha value is -2.48. The number of hydrogen-bond donors (Lipinski definition) is 2. The first-order valence-electron chi connectivity index (χ1n) is 8.95. The van der Waals surface area contributed by atoms with Gasteiger partial charge in [0.15, 0.2) is 0 Å². The van der Waals surface area contributed by atoms with Gasteiger partial charge in [-0.1, -0.05) is 12.1 Å². The van der Waals surface area contributed by atoms with Crippen molar-refractivity contribution in [3.8, 4) is 0 Å². The van der Waals surface area contributed by atoms with Crippen molar-refractivity contribution in [2.45, 2.75) is 37.5 Å². The first kappa shape index (κ1) is 19.3. The highest BCUT2D eigenvalue weighted by Gasteiger charge is 2.36. The highest BCUT2D eigenvalue weighted by molar-refractivity contribution is 5.94. The molecule has 2 atom stereocenters. The van der Waals surface area contributed by atoms with Gasteiger partial charge in [-0.25, -0.2) is 8.78 Å². The fourth-order valence-corrected chi connectivity index (χ4v) is 3.57. The summed E-state index contributed by atoms with van der Waals surface area (Å²) in [6, 6.07) is 4.77. The Morgan fingerprint density at radius 1 is 1.37 bits per heavy atom. The smallest absolute Gasteiger partial charge is 0.253 e. The lowest BCUT2D eigenvalue weighted by molar-refractivity contribution is -0.130. The van der Waals surface area contributed by atoms with Gasteiger partial charge < -0.3 is 20.3 Å². The molecule has 2 heterocycles. The lowest BCUT2D eigenvalue weighted by Crippen LogP contribution is -2.46. The van der Waals surface area contributed by atoms with Crippen LogP contribution < -0.4 is 10.6 Å². The third kappa shape index (κ3) is 4.27. The SMILES string of the molecule is CN(C(=O)C1=C(NC=O)NC(c2cccc(F)c2)C(F)C1)C1CCOCC1. The number of ether oxygens (including phenoxy) is 1. The Morgan fingerprint density at radius 2 is 2.11 bits per heavy atom. The van der Waals surface area contributed by atoms with Crippen molar-refractivity contribution in [1.29, 1.82) is 0 Å². The first-order valence-corrected chi connectivity index (χ1v) is 8.95. The number of likely N-dealkylation sites (N-methyl/N-ethyl adjacent to an activating group) is 1. The summed E-state index contributed by atoms with van der Waals surface area (Å²) in [4.78, 5) is 25.5. The molecule has 1 saturated heterocycles. The van der Waals surface area contributed by atoms with Crippen LogP contribution in [0.15, 0.2) is 35.7 Å². The minimum Gasteiger partial charge on any atom is -0.381 e. The van der Waals surface area contributed by atoms with E-state index in [1.165, 1.54) is 18.2 Å². The van der Waals surface area contributed by atoms with E-state index < -0.39 is 18.0 Å². The number of nitrogens with one attached hydrogen (secondary N) is 2. The van der Waals surface area contributed by atoms with Gasteiger partial charge in [0.05, 0.1) is 11.6 Å². The molecule has 0 aliphatic carbocycles. The average molecular weight is 379 g/mol. The molecule has 2 amide bonds.